The molecule has 1 fully saturated rings. The van der Waals surface area contributed by atoms with Crippen LogP contribution in [0.4, 0.5) is 0 Å². The first-order chi connectivity index (χ1) is 6.24. The minimum Gasteiger partial charge on any atom is -0.480 e. The number of aliphatic hydroxyl groups is 1. The molecular weight excluding hydrogens is 168 g/mol. The number of rotatable bonds is 2. The summed E-state index contributed by atoms with van der Waals surface area (Å²) in [4.78, 5) is 0. The van der Waals surface area contributed by atoms with Crippen LogP contribution in [0.3, 0.4) is 0 Å². The molecule has 0 unspecified atom stereocenters. The molecule has 1 heterocycles. The zero-order chi connectivity index (χ0) is 9.31. The maximum atomic E-state index is 9.98. The van der Waals surface area contributed by atoms with E-state index in [0.717, 1.165) is 24.8 Å². The Bertz CT molecular complexity index is 310. The van der Waals surface area contributed by atoms with E-state index in [-0.39, 0.29) is 0 Å². The van der Waals surface area contributed by atoms with Crippen molar-refractivity contribution in [1.29, 1.82) is 0 Å². The third kappa shape index (κ3) is 1.37. The lowest BCUT2D eigenvalue weighted by molar-refractivity contribution is -0.0393. The zero-order valence-corrected chi connectivity index (χ0v) is 7.53. The Hall–Kier alpha value is -1.16. The molecule has 0 bridgehead atoms. The van der Waals surface area contributed by atoms with E-state index in [2.05, 4.69) is 10.2 Å². The highest BCUT2D eigenvalue weighted by atomic mass is 16.5. The maximum absolute atomic E-state index is 9.98. The normalized spacial score (nSPS) is 19.2. The quantitative estimate of drug-likeness (QED) is 0.733. The van der Waals surface area contributed by atoms with E-state index < -0.39 is 5.60 Å². The second-order valence-corrected chi connectivity index (χ2v) is 3.37. The third-order valence-electron chi connectivity index (χ3n) is 2.56. The fourth-order valence-corrected chi connectivity index (χ4v) is 1.50. The molecule has 0 aromatic carbocycles. The molecule has 0 aliphatic heterocycles. The smallest absolute Gasteiger partial charge is 0.233 e. The standard InChI is InChI=1S/C9H12N2O2/c1-13-8-5-7(6-10-11-8)9(12)3-2-4-9/h5-6,12H,2-4H2,1H3. The van der Waals surface area contributed by atoms with Gasteiger partial charge in [0.25, 0.3) is 0 Å². The first-order valence-corrected chi connectivity index (χ1v) is 4.34. The molecule has 1 aliphatic rings. The van der Waals surface area contributed by atoms with Gasteiger partial charge in [0.1, 0.15) is 0 Å². The average Bonchev–Trinajstić information content (AvgIpc) is 2.14. The van der Waals surface area contributed by atoms with Gasteiger partial charge in [-0.25, -0.2) is 0 Å². The summed E-state index contributed by atoms with van der Waals surface area (Å²) in [7, 11) is 1.54. The van der Waals surface area contributed by atoms with E-state index in [9.17, 15) is 5.11 Å². The lowest BCUT2D eigenvalue weighted by Gasteiger charge is -2.36. The van der Waals surface area contributed by atoms with E-state index in [0.29, 0.717) is 5.88 Å². The van der Waals surface area contributed by atoms with Gasteiger partial charge < -0.3 is 9.84 Å². The van der Waals surface area contributed by atoms with Crippen LogP contribution in [0.15, 0.2) is 12.3 Å². The van der Waals surface area contributed by atoms with Gasteiger partial charge in [-0.05, 0) is 19.3 Å². The second-order valence-electron chi connectivity index (χ2n) is 3.37. The lowest BCUT2D eigenvalue weighted by atomic mass is 9.76. The van der Waals surface area contributed by atoms with Crippen molar-refractivity contribution in [1.82, 2.24) is 10.2 Å². The molecule has 1 N–H and O–H groups in total. The Labute approximate surface area is 76.6 Å². The van der Waals surface area contributed by atoms with Crippen molar-refractivity contribution in [3.63, 3.8) is 0 Å². The van der Waals surface area contributed by atoms with Crippen LogP contribution in [0.2, 0.25) is 0 Å². The number of nitrogens with zero attached hydrogens (tertiary/aromatic N) is 2. The van der Waals surface area contributed by atoms with Crippen molar-refractivity contribution in [2.45, 2.75) is 24.9 Å². The van der Waals surface area contributed by atoms with Crippen LogP contribution < -0.4 is 4.74 Å². The number of hydrogen-bond acceptors (Lipinski definition) is 4. The predicted molar refractivity (Wildman–Crippen MR) is 46.3 cm³/mol. The molecule has 0 radical (unpaired) electrons. The highest BCUT2D eigenvalue weighted by molar-refractivity contribution is 5.25. The van der Waals surface area contributed by atoms with Gasteiger partial charge in [0, 0.05) is 11.6 Å². The van der Waals surface area contributed by atoms with Crippen molar-refractivity contribution in [2.24, 2.45) is 0 Å². The maximum Gasteiger partial charge on any atom is 0.233 e. The fourth-order valence-electron chi connectivity index (χ4n) is 1.50. The van der Waals surface area contributed by atoms with E-state index in [1.165, 1.54) is 0 Å². The van der Waals surface area contributed by atoms with E-state index >= 15 is 0 Å². The Morgan fingerprint density at radius 3 is 2.85 bits per heavy atom. The minimum atomic E-state index is -0.677. The van der Waals surface area contributed by atoms with Gasteiger partial charge in [-0.3, -0.25) is 0 Å². The Kier molecular flexibility index (Phi) is 1.92. The number of aromatic nitrogens is 2. The molecule has 1 aromatic rings. The minimum absolute atomic E-state index is 0.456. The fraction of sp³-hybridized carbons (Fsp3) is 0.556. The molecule has 0 spiro atoms. The van der Waals surface area contributed by atoms with Gasteiger partial charge in [0.05, 0.1) is 18.9 Å². The summed E-state index contributed by atoms with van der Waals surface area (Å²) < 4.78 is 4.93. The average molecular weight is 180 g/mol. The number of ether oxygens (including phenoxy) is 1. The van der Waals surface area contributed by atoms with E-state index in [1.807, 2.05) is 0 Å². The van der Waals surface area contributed by atoms with Crippen LogP contribution in [0.25, 0.3) is 0 Å². The molecule has 13 heavy (non-hydrogen) atoms. The largest absolute Gasteiger partial charge is 0.480 e. The summed E-state index contributed by atoms with van der Waals surface area (Å²) >= 11 is 0. The van der Waals surface area contributed by atoms with Crippen LogP contribution >= 0.6 is 0 Å². The summed E-state index contributed by atoms with van der Waals surface area (Å²) in [5.74, 6) is 0.456. The first kappa shape index (κ1) is 8.44. The molecule has 0 saturated heterocycles. The summed E-state index contributed by atoms with van der Waals surface area (Å²) in [6.07, 6.45) is 4.28. The van der Waals surface area contributed by atoms with Crippen LogP contribution in [-0.2, 0) is 5.60 Å². The predicted octanol–water partition coefficient (Wildman–Crippen LogP) is 0.857. The van der Waals surface area contributed by atoms with Crippen molar-refractivity contribution in [3.8, 4) is 5.88 Å². The van der Waals surface area contributed by atoms with Crippen LogP contribution in [0, 0.1) is 0 Å². The molecule has 1 aliphatic carbocycles. The molecule has 0 atom stereocenters. The van der Waals surface area contributed by atoms with Crippen molar-refractivity contribution < 1.29 is 9.84 Å². The van der Waals surface area contributed by atoms with Crippen molar-refractivity contribution in [3.05, 3.63) is 17.8 Å². The molecule has 1 aromatic heterocycles. The van der Waals surface area contributed by atoms with Gasteiger partial charge in [-0.1, -0.05) is 0 Å². The van der Waals surface area contributed by atoms with Gasteiger partial charge >= 0.3 is 0 Å². The van der Waals surface area contributed by atoms with Crippen LogP contribution in [-0.4, -0.2) is 22.4 Å². The van der Waals surface area contributed by atoms with Gasteiger partial charge in [0.15, 0.2) is 0 Å². The molecule has 0 amide bonds. The van der Waals surface area contributed by atoms with Gasteiger partial charge in [-0.15, -0.1) is 5.10 Å². The molecule has 70 valence electrons. The molecule has 1 saturated carbocycles. The Morgan fingerprint density at radius 1 is 1.54 bits per heavy atom. The Morgan fingerprint density at radius 2 is 2.31 bits per heavy atom. The third-order valence-corrected chi connectivity index (χ3v) is 2.56. The van der Waals surface area contributed by atoms with Gasteiger partial charge in [0.2, 0.25) is 5.88 Å². The topological polar surface area (TPSA) is 55.2 Å². The molecule has 4 heteroatoms. The lowest BCUT2D eigenvalue weighted by Crippen LogP contribution is -2.33. The summed E-state index contributed by atoms with van der Waals surface area (Å²) in [6, 6.07) is 1.74. The Balaban J connectivity index is 2.29. The van der Waals surface area contributed by atoms with E-state index in [4.69, 9.17) is 4.74 Å². The number of hydrogen-bond donors (Lipinski definition) is 1. The van der Waals surface area contributed by atoms with Crippen LogP contribution in [0.1, 0.15) is 24.8 Å². The molecule has 2 rings (SSSR count). The van der Waals surface area contributed by atoms with E-state index in [1.54, 1.807) is 19.4 Å². The summed E-state index contributed by atoms with van der Waals surface area (Å²) in [5.41, 5.74) is 0.133. The van der Waals surface area contributed by atoms with Crippen LogP contribution in [0.5, 0.6) is 5.88 Å². The van der Waals surface area contributed by atoms with Crippen molar-refractivity contribution in [2.75, 3.05) is 7.11 Å². The number of methoxy groups -OCH3 is 1. The monoisotopic (exact) mass is 180 g/mol. The summed E-state index contributed by atoms with van der Waals surface area (Å²) in [6.45, 7) is 0. The van der Waals surface area contributed by atoms with Gasteiger partial charge in [-0.2, -0.15) is 5.10 Å². The summed E-state index contributed by atoms with van der Waals surface area (Å²) in [5, 5.41) is 17.5. The molecular formula is C9H12N2O2. The highest BCUT2D eigenvalue weighted by Gasteiger charge is 2.36. The van der Waals surface area contributed by atoms with Crippen molar-refractivity contribution >= 4 is 0 Å². The molecule has 4 nitrogen and oxygen atoms in total. The SMILES string of the molecule is COc1cc(C2(O)CCC2)cnn1. The highest BCUT2D eigenvalue weighted by Crippen LogP contribution is 2.41. The second kappa shape index (κ2) is 2.96. The zero-order valence-electron chi connectivity index (χ0n) is 7.53. The first-order valence-electron chi connectivity index (χ1n) is 4.34.